The Kier molecular flexibility index (Phi) is 4.40. The van der Waals surface area contributed by atoms with Crippen LogP contribution in [0.1, 0.15) is 16.3 Å². The monoisotopic (exact) mass is 351 g/mol. The Bertz CT molecular complexity index is 924. The molecule has 26 heavy (non-hydrogen) atoms. The number of imidazole rings is 1. The number of aliphatic hydroxyl groups is 1. The summed E-state index contributed by atoms with van der Waals surface area (Å²) >= 11 is 0. The molecule has 0 aliphatic carbocycles. The lowest BCUT2D eigenvalue weighted by atomic mass is 10.2. The van der Waals surface area contributed by atoms with Crippen molar-refractivity contribution < 1.29 is 9.90 Å². The van der Waals surface area contributed by atoms with Gasteiger partial charge in [-0.05, 0) is 24.3 Å². The maximum Gasteiger partial charge on any atom is 0.270 e. The van der Waals surface area contributed by atoms with Gasteiger partial charge >= 0.3 is 0 Å². The number of nitrogens with one attached hydrogen (secondary N) is 1. The Hall–Kier alpha value is -2.77. The number of aromatic nitrogens is 3. The third-order valence-electron chi connectivity index (χ3n) is 4.82. The number of carbonyl (C=O) groups excluding carboxylic acids is 1. The molecular weight excluding hydrogens is 330 g/mol. The molecule has 2 aromatic heterocycles. The highest BCUT2D eigenvalue weighted by Crippen LogP contribution is 2.18. The molecule has 0 bridgehead atoms. The van der Waals surface area contributed by atoms with Crippen molar-refractivity contribution >= 4 is 16.9 Å². The summed E-state index contributed by atoms with van der Waals surface area (Å²) in [5.74, 6) is 0.675. The average molecular weight is 351 g/mol. The van der Waals surface area contributed by atoms with E-state index < -0.39 is 6.10 Å². The topological polar surface area (TPSA) is 83.3 Å². The fourth-order valence-corrected chi connectivity index (χ4v) is 3.41. The summed E-state index contributed by atoms with van der Waals surface area (Å²) in [6, 6.07) is 12.9. The highest BCUT2D eigenvalue weighted by molar-refractivity contribution is 5.92. The second-order valence-corrected chi connectivity index (χ2v) is 6.63. The normalized spacial score (nSPS) is 20.5. The molecule has 0 saturated carbocycles. The van der Waals surface area contributed by atoms with Gasteiger partial charge in [0.05, 0.1) is 29.7 Å². The first-order valence-corrected chi connectivity index (χ1v) is 8.64. The number of amides is 1. The number of aryl methyl sites for hydroxylation is 1. The van der Waals surface area contributed by atoms with Crippen LogP contribution >= 0.6 is 0 Å². The standard InChI is InChI=1S/C19H21N5O2/c1-23-16-8-3-2-6-13(16)21-18(23)12-24-10-15(17(25)11-24)22-19(26)14-7-4-5-9-20-14/h2-9,15,17,25H,10-12H2,1H3,(H,22,26)/t15-,17-/m1/s1. The number of likely N-dealkylation sites (tertiary alicyclic amines) is 1. The number of carbonyl (C=O) groups is 1. The van der Waals surface area contributed by atoms with E-state index in [0.29, 0.717) is 25.3 Å². The molecular formula is C19H21N5O2. The first kappa shape index (κ1) is 16.7. The van der Waals surface area contributed by atoms with Gasteiger partial charge in [0.2, 0.25) is 0 Å². The van der Waals surface area contributed by atoms with E-state index >= 15 is 0 Å². The third kappa shape index (κ3) is 3.18. The molecule has 3 heterocycles. The molecule has 7 nitrogen and oxygen atoms in total. The zero-order valence-corrected chi connectivity index (χ0v) is 14.5. The maximum atomic E-state index is 12.3. The van der Waals surface area contributed by atoms with Gasteiger partial charge < -0.3 is 15.0 Å². The zero-order valence-electron chi connectivity index (χ0n) is 14.5. The van der Waals surface area contributed by atoms with E-state index in [1.807, 2.05) is 31.3 Å². The van der Waals surface area contributed by atoms with Gasteiger partial charge in [-0.1, -0.05) is 18.2 Å². The average Bonchev–Trinajstić information content (AvgIpc) is 3.16. The molecule has 0 radical (unpaired) electrons. The summed E-state index contributed by atoms with van der Waals surface area (Å²) < 4.78 is 2.07. The van der Waals surface area contributed by atoms with Crippen molar-refractivity contribution in [1.82, 2.24) is 24.8 Å². The number of para-hydroxylation sites is 2. The van der Waals surface area contributed by atoms with Crippen molar-refractivity contribution in [1.29, 1.82) is 0 Å². The number of pyridine rings is 1. The van der Waals surface area contributed by atoms with Crippen molar-refractivity contribution in [2.24, 2.45) is 7.05 Å². The summed E-state index contributed by atoms with van der Waals surface area (Å²) in [7, 11) is 2.00. The predicted octanol–water partition coefficient (Wildman–Crippen LogP) is 0.943. The summed E-state index contributed by atoms with van der Waals surface area (Å²) in [6.07, 6.45) is 0.968. The fraction of sp³-hybridized carbons (Fsp3) is 0.316. The van der Waals surface area contributed by atoms with E-state index in [1.54, 1.807) is 24.4 Å². The van der Waals surface area contributed by atoms with Gasteiger partial charge in [0.1, 0.15) is 11.5 Å². The van der Waals surface area contributed by atoms with Crippen LogP contribution in [0.5, 0.6) is 0 Å². The molecule has 2 atom stereocenters. The number of aliphatic hydroxyl groups excluding tert-OH is 1. The number of hydrogen-bond donors (Lipinski definition) is 2. The van der Waals surface area contributed by atoms with Crippen LogP contribution in [0.2, 0.25) is 0 Å². The van der Waals surface area contributed by atoms with Crippen LogP contribution in [0, 0.1) is 0 Å². The Labute approximate surface area is 151 Å². The molecule has 4 rings (SSSR count). The molecule has 3 aromatic rings. The highest BCUT2D eigenvalue weighted by atomic mass is 16.3. The molecule has 1 aromatic carbocycles. The molecule has 7 heteroatoms. The van der Waals surface area contributed by atoms with Gasteiger partial charge in [-0.3, -0.25) is 14.7 Å². The van der Waals surface area contributed by atoms with Crippen molar-refractivity contribution in [3.8, 4) is 0 Å². The molecule has 1 fully saturated rings. The molecule has 1 aliphatic heterocycles. The largest absolute Gasteiger partial charge is 0.390 e. The van der Waals surface area contributed by atoms with E-state index in [0.717, 1.165) is 16.9 Å². The summed E-state index contributed by atoms with van der Waals surface area (Å²) in [5.41, 5.74) is 2.40. The van der Waals surface area contributed by atoms with Crippen LogP contribution < -0.4 is 5.32 Å². The summed E-state index contributed by atoms with van der Waals surface area (Å²) in [5, 5.41) is 13.2. The Morgan fingerprint density at radius 2 is 2.04 bits per heavy atom. The smallest absolute Gasteiger partial charge is 0.270 e. The second-order valence-electron chi connectivity index (χ2n) is 6.63. The molecule has 1 amide bonds. The second kappa shape index (κ2) is 6.86. The predicted molar refractivity (Wildman–Crippen MR) is 97.5 cm³/mol. The van der Waals surface area contributed by atoms with Crippen LogP contribution in [-0.2, 0) is 13.6 Å². The lowest BCUT2D eigenvalue weighted by Gasteiger charge is -2.16. The number of hydrogen-bond acceptors (Lipinski definition) is 5. The van der Waals surface area contributed by atoms with Crippen molar-refractivity contribution in [2.45, 2.75) is 18.7 Å². The SMILES string of the molecule is Cn1c(CN2C[C@@H](O)[C@H](NC(=O)c3ccccn3)C2)nc2ccccc21. The zero-order chi connectivity index (χ0) is 18.1. The minimum absolute atomic E-state index is 0.265. The first-order valence-electron chi connectivity index (χ1n) is 8.64. The lowest BCUT2D eigenvalue weighted by Crippen LogP contribution is -2.43. The Morgan fingerprint density at radius 3 is 2.81 bits per heavy atom. The van der Waals surface area contributed by atoms with E-state index in [4.69, 9.17) is 0 Å². The molecule has 1 saturated heterocycles. The van der Waals surface area contributed by atoms with Gasteiger partial charge in [0, 0.05) is 26.3 Å². The van der Waals surface area contributed by atoms with Crippen LogP contribution in [0.3, 0.4) is 0 Å². The van der Waals surface area contributed by atoms with Crippen LogP contribution in [0.25, 0.3) is 11.0 Å². The quantitative estimate of drug-likeness (QED) is 0.731. The lowest BCUT2D eigenvalue weighted by molar-refractivity contribution is 0.0883. The number of nitrogens with zero attached hydrogens (tertiary/aromatic N) is 4. The molecule has 2 N–H and O–H groups in total. The van der Waals surface area contributed by atoms with Crippen LogP contribution in [0.15, 0.2) is 48.7 Å². The minimum Gasteiger partial charge on any atom is -0.390 e. The van der Waals surface area contributed by atoms with E-state index in [2.05, 4.69) is 24.8 Å². The molecule has 0 spiro atoms. The first-order chi connectivity index (χ1) is 12.6. The van der Waals surface area contributed by atoms with Gasteiger partial charge in [-0.25, -0.2) is 4.98 Å². The van der Waals surface area contributed by atoms with Gasteiger partial charge in [0.25, 0.3) is 5.91 Å². The summed E-state index contributed by atoms with van der Waals surface area (Å²) in [6.45, 7) is 1.69. The Morgan fingerprint density at radius 1 is 1.23 bits per heavy atom. The minimum atomic E-state index is -0.614. The number of benzene rings is 1. The fourth-order valence-electron chi connectivity index (χ4n) is 3.41. The van der Waals surface area contributed by atoms with E-state index in [1.165, 1.54) is 0 Å². The number of fused-ring (bicyclic) bond motifs is 1. The number of rotatable bonds is 4. The molecule has 134 valence electrons. The van der Waals surface area contributed by atoms with Crippen molar-refractivity contribution in [2.75, 3.05) is 13.1 Å². The van der Waals surface area contributed by atoms with Gasteiger partial charge in [-0.15, -0.1) is 0 Å². The van der Waals surface area contributed by atoms with E-state index in [-0.39, 0.29) is 11.9 Å². The highest BCUT2D eigenvalue weighted by Gasteiger charge is 2.33. The van der Waals surface area contributed by atoms with Crippen LogP contribution in [0.4, 0.5) is 0 Å². The molecule has 0 unspecified atom stereocenters. The van der Waals surface area contributed by atoms with E-state index in [9.17, 15) is 9.90 Å². The van der Waals surface area contributed by atoms with Crippen molar-refractivity contribution in [3.05, 3.63) is 60.2 Å². The van der Waals surface area contributed by atoms with Gasteiger partial charge in [0.15, 0.2) is 0 Å². The number of β-amino-alcohol motifs (C(OH)–C–C–N with tert-alkyl or cyclic N) is 1. The van der Waals surface area contributed by atoms with Gasteiger partial charge in [-0.2, -0.15) is 0 Å². The van der Waals surface area contributed by atoms with Crippen LogP contribution in [-0.4, -0.2) is 55.7 Å². The summed E-state index contributed by atoms with van der Waals surface area (Å²) in [4.78, 5) is 23.1. The third-order valence-corrected chi connectivity index (χ3v) is 4.82. The van der Waals surface area contributed by atoms with Crippen molar-refractivity contribution in [3.63, 3.8) is 0 Å². The molecule has 1 aliphatic rings. The maximum absolute atomic E-state index is 12.3. The Balaban J connectivity index is 1.43.